The van der Waals surface area contributed by atoms with Crippen LogP contribution in [-0.2, 0) is 9.59 Å². The number of benzene rings is 2. The first-order chi connectivity index (χ1) is 14.0. The van der Waals surface area contributed by atoms with Crippen LogP contribution in [-0.4, -0.2) is 43.9 Å². The smallest absolute Gasteiger partial charge is 0.246 e. The number of amides is 1. The molecule has 0 N–H and O–H groups in total. The van der Waals surface area contributed by atoms with Crippen molar-refractivity contribution in [2.45, 2.75) is 0 Å². The summed E-state index contributed by atoms with van der Waals surface area (Å²) in [4.78, 5) is 26.9. The molecule has 1 aliphatic heterocycles. The molecule has 1 fully saturated rings. The van der Waals surface area contributed by atoms with Crippen LogP contribution < -0.4 is 9.47 Å². The number of piperidine rings is 1. The lowest BCUT2D eigenvalue weighted by Gasteiger charge is -2.29. The molecule has 2 aromatic carbocycles. The highest BCUT2D eigenvalue weighted by molar-refractivity contribution is 6.15. The predicted octanol–water partition coefficient (Wildman–Crippen LogP) is 3.77. The third-order valence-electron chi connectivity index (χ3n) is 4.71. The maximum Gasteiger partial charge on any atom is 0.246 e. The van der Waals surface area contributed by atoms with Gasteiger partial charge in [0.1, 0.15) is 11.5 Å². The Balaban J connectivity index is 1.95. The Kier molecular flexibility index (Phi) is 6.29. The second-order valence-corrected chi connectivity index (χ2v) is 6.61. The molecule has 1 saturated heterocycles. The summed E-state index contributed by atoms with van der Waals surface area (Å²) >= 11 is 0. The van der Waals surface area contributed by atoms with Gasteiger partial charge in [0.2, 0.25) is 5.91 Å². The molecule has 0 aliphatic carbocycles. The van der Waals surface area contributed by atoms with Gasteiger partial charge in [-0.1, -0.05) is 30.8 Å². The van der Waals surface area contributed by atoms with E-state index in [1.807, 2.05) is 60.7 Å². The lowest BCUT2D eigenvalue weighted by molar-refractivity contribution is -0.126. The zero-order valence-electron chi connectivity index (χ0n) is 16.6. The van der Waals surface area contributed by atoms with Crippen LogP contribution in [0.4, 0.5) is 0 Å². The Morgan fingerprint density at radius 2 is 1.28 bits per heavy atom. The van der Waals surface area contributed by atoms with Gasteiger partial charge in [0.25, 0.3) is 0 Å². The van der Waals surface area contributed by atoms with Crippen molar-refractivity contribution in [1.82, 2.24) is 4.90 Å². The highest BCUT2D eigenvalue weighted by atomic mass is 16.5. The van der Waals surface area contributed by atoms with Gasteiger partial charge in [-0.15, -0.1) is 0 Å². The third kappa shape index (κ3) is 4.82. The van der Waals surface area contributed by atoms with E-state index < -0.39 is 0 Å². The van der Waals surface area contributed by atoms with Crippen LogP contribution in [0.15, 0.2) is 72.3 Å². The van der Waals surface area contributed by atoms with Crippen molar-refractivity contribution in [3.63, 3.8) is 0 Å². The first kappa shape index (κ1) is 20.1. The third-order valence-corrected chi connectivity index (χ3v) is 4.71. The van der Waals surface area contributed by atoms with E-state index in [4.69, 9.17) is 9.47 Å². The van der Waals surface area contributed by atoms with Gasteiger partial charge >= 0.3 is 0 Å². The molecule has 0 unspecified atom stereocenters. The van der Waals surface area contributed by atoms with Gasteiger partial charge in [0.15, 0.2) is 5.78 Å². The molecule has 0 radical (unpaired) electrons. The molecule has 1 amide bonds. The van der Waals surface area contributed by atoms with E-state index in [-0.39, 0.29) is 24.8 Å². The number of carbonyl (C=O) groups excluding carboxylic acids is 2. The summed E-state index contributed by atoms with van der Waals surface area (Å²) in [5.74, 6) is 1.21. The minimum atomic E-state index is -0.209. The number of methoxy groups -OCH3 is 2. The normalized spacial score (nSPS) is 16.8. The monoisotopic (exact) mass is 389 g/mol. The fourth-order valence-corrected chi connectivity index (χ4v) is 3.13. The van der Waals surface area contributed by atoms with Crippen LogP contribution in [0.5, 0.6) is 11.5 Å². The number of nitrogens with zero attached hydrogens (tertiary/aromatic N) is 1. The molecule has 0 atom stereocenters. The molecule has 1 aliphatic rings. The number of rotatable bonds is 5. The van der Waals surface area contributed by atoms with E-state index in [2.05, 4.69) is 6.58 Å². The first-order valence-corrected chi connectivity index (χ1v) is 9.19. The Hall–Kier alpha value is -3.60. The summed E-state index contributed by atoms with van der Waals surface area (Å²) in [6, 6.07) is 14.8. The zero-order chi connectivity index (χ0) is 20.8. The Labute approximate surface area is 170 Å². The van der Waals surface area contributed by atoms with Crippen LogP contribution in [0.2, 0.25) is 0 Å². The number of Topliss-reactive ketones (excluding diaryl/α,β-unsaturated/α-hetero) is 1. The average molecular weight is 389 g/mol. The molecule has 0 bridgehead atoms. The van der Waals surface area contributed by atoms with Crippen molar-refractivity contribution in [3.8, 4) is 11.5 Å². The largest absolute Gasteiger partial charge is 0.497 e. The molecule has 0 aromatic heterocycles. The molecule has 5 heteroatoms. The molecule has 0 spiro atoms. The Bertz CT molecular complexity index is 899. The van der Waals surface area contributed by atoms with E-state index in [9.17, 15) is 9.59 Å². The molecular weight excluding hydrogens is 366 g/mol. The average Bonchev–Trinajstić information content (AvgIpc) is 2.76. The van der Waals surface area contributed by atoms with Crippen molar-refractivity contribution < 1.29 is 19.1 Å². The summed E-state index contributed by atoms with van der Waals surface area (Å²) in [5, 5.41) is 0. The van der Waals surface area contributed by atoms with Crippen molar-refractivity contribution in [1.29, 1.82) is 0 Å². The van der Waals surface area contributed by atoms with E-state index in [0.717, 1.165) is 22.6 Å². The van der Waals surface area contributed by atoms with Crippen LogP contribution in [0.25, 0.3) is 12.2 Å². The highest BCUT2D eigenvalue weighted by Gasteiger charge is 2.28. The lowest BCUT2D eigenvalue weighted by atomic mass is 9.94. The summed E-state index contributed by atoms with van der Waals surface area (Å²) in [7, 11) is 3.21. The molecule has 1 heterocycles. The van der Waals surface area contributed by atoms with Crippen LogP contribution >= 0.6 is 0 Å². The molecule has 148 valence electrons. The topological polar surface area (TPSA) is 55.8 Å². The lowest BCUT2D eigenvalue weighted by Crippen LogP contribution is -2.40. The number of ketones is 1. The summed E-state index contributed by atoms with van der Waals surface area (Å²) in [5.41, 5.74) is 2.84. The van der Waals surface area contributed by atoms with Crippen LogP contribution in [0.1, 0.15) is 11.1 Å². The minimum Gasteiger partial charge on any atom is -0.497 e. The van der Waals surface area contributed by atoms with Gasteiger partial charge < -0.3 is 14.4 Å². The van der Waals surface area contributed by atoms with Gasteiger partial charge in [-0.2, -0.15) is 0 Å². The number of likely N-dealkylation sites (tertiary alicyclic amines) is 1. The fourth-order valence-electron chi connectivity index (χ4n) is 3.13. The molecule has 2 aromatic rings. The standard InChI is InChI=1S/C24H23NO4/c1-4-23(26)25-15-19(13-17-5-9-21(28-2)10-6-17)24(27)20(16-25)14-18-7-11-22(29-3)12-8-18/h4-14H,1,15-16H2,2-3H3/b19-13-,20-14+. The van der Waals surface area contributed by atoms with E-state index in [1.54, 1.807) is 19.1 Å². The van der Waals surface area contributed by atoms with Gasteiger partial charge in [0, 0.05) is 11.1 Å². The molecule has 3 rings (SSSR count). The van der Waals surface area contributed by atoms with Gasteiger partial charge in [-0.05, 0) is 53.6 Å². The number of ether oxygens (including phenoxy) is 2. The second-order valence-electron chi connectivity index (χ2n) is 6.61. The highest BCUT2D eigenvalue weighted by Crippen LogP contribution is 2.24. The zero-order valence-corrected chi connectivity index (χ0v) is 16.6. The predicted molar refractivity (Wildman–Crippen MR) is 114 cm³/mol. The summed E-state index contributed by atoms with van der Waals surface area (Å²) in [6.45, 7) is 4.06. The summed E-state index contributed by atoms with van der Waals surface area (Å²) < 4.78 is 10.3. The van der Waals surface area contributed by atoms with E-state index in [0.29, 0.717) is 11.1 Å². The summed E-state index contributed by atoms with van der Waals surface area (Å²) in [6.07, 6.45) is 4.89. The molecule has 29 heavy (non-hydrogen) atoms. The maximum absolute atomic E-state index is 13.1. The quantitative estimate of drug-likeness (QED) is 0.731. The number of carbonyl (C=O) groups is 2. The Morgan fingerprint density at radius 1 is 0.862 bits per heavy atom. The second kappa shape index (κ2) is 9.06. The Morgan fingerprint density at radius 3 is 1.62 bits per heavy atom. The fraction of sp³-hybridized carbons (Fsp3) is 0.167. The van der Waals surface area contributed by atoms with Crippen molar-refractivity contribution in [3.05, 3.63) is 83.5 Å². The number of hydrogen-bond acceptors (Lipinski definition) is 4. The van der Waals surface area contributed by atoms with Crippen LogP contribution in [0.3, 0.4) is 0 Å². The maximum atomic E-state index is 13.1. The minimum absolute atomic E-state index is 0.0650. The number of hydrogen-bond donors (Lipinski definition) is 0. The van der Waals surface area contributed by atoms with Crippen molar-refractivity contribution >= 4 is 23.8 Å². The van der Waals surface area contributed by atoms with Gasteiger partial charge in [-0.25, -0.2) is 0 Å². The van der Waals surface area contributed by atoms with Crippen molar-refractivity contribution in [2.75, 3.05) is 27.3 Å². The first-order valence-electron chi connectivity index (χ1n) is 9.19. The van der Waals surface area contributed by atoms with E-state index in [1.165, 1.54) is 6.08 Å². The molecular formula is C24H23NO4. The SMILES string of the molecule is C=CC(=O)N1C/C(=C/c2ccc(OC)cc2)C(=O)/C(=C/c2ccc(OC)cc2)C1. The molecule has 0 saturated carbocycles. The van der Waals surface area contributed by atoms with Crippen molar-refractivity contribution in [2.24, 2.45) is 0 Å². The molecule has 5 nitrogen and oxygen atoms in total. The van der Waals surface area contributed by atoms with E-state index >= 15 is 0 Å². The van der Waals surface area contributed by atoms with Crippen LogP contribution in [0, 0.1) is 0 Å². The van der Waals surface area contributed by atoms with Gasteiger partial charge in [0.05, 0.1) is 27.3 Å². The van der Waals surface area contributed by atoms with Gasteiger partial charge in [-0.3, -0.25) is 9.59 Å².